The van der Waals surface area contributed by atoms with Crippen LogP contribution in [0.3, 0.4) is 0 Å². The van der Waals surface area contributed by atoms with Crippen molar-refractivity contribution >= 4 is 23.2 Å². The van der Waals surface area contributed by atoms with Crippen LogP contribution < -0.4 is 5.32 Å². The zero-order valence-corrected chi connectivity index (χ0v) is 12.8. The molecule has 0 aliphatic heterocycles. The van der Waals surface area contributed by atoms with Crippen LogP contribution in [0.25, 0.3) is 0 Å². The van der Waals surface area contributed by atoms with Gasteiger partial charge in [-0.1, -0.05) is 44.4 Å². The van der Waals surface area contributed by atoms with E-state index in [-0.39, 0.29) is 23.0 Å². The number of aliphatic hydroxyl groups is 1. The van der Waals surface area contributed by atoms with Gasteiger partial charge in [-0.15, -0.1) is 0 Å². The Hall–Kier alpha value is -1.66. The van der Waals surface area contributed by atoms with Gasteiger partial charge in [0, 0.05) is 6.54 Å². The van der Waals surface area contributed by atoms with Crippen molar-refractivity contribution in [1.29, 1.82) is 0 Å². The number of benzene rings is 1. The highest BCUT2D eigenvalue weighted by Gasteiger charge is 2.24. The van der Waals surface area contributed by atoms with E-state index in [1.54, 1.807) is 0 Å². The van der Waals surface area contributed by atoms with Gasteiger partial charge in [0.25, 0.3) is 5.91 Å². The first-order chi connectivity index (χ1) is 9.92. The Morgan fingerprint density at radius 3 is 2.57 bits per heavy atom. The van der Waals surface area contributed by atoms with Gasteiger partial charge < -0.3 is 10.4 Å². The molecule has 1 rings (SSSR count). The molecule has 1 unspecified atom stereocenters. The van der Waals surface area contributed by atoms with Gasteiger partial charge in [-0.05, 0) is 18.1 Å². The normalized spacial score (nSPS) is 12.2. The number of hydrogen-bond donors (Lipinski definition) is 2. The van der Waals surface area contributed by atoms with Gasteiger partial charge >= 0.3 is 5.69 Å². The van der Waals surface area contributed by atoms with Crippen molar-refractivity contribution in [3.8, 4) is 0 Å². The number of rotatable bonds is 7. The molecule has 1 amide bonds. The fourth-order valence-electron chi connectivity index (χ4n) is 2.18. The number of hydrogen-bond acceptors (Lipinski definition) is 4. The van der Waals surface area contributed by atoms with Crippen LogP contribution in [0, 0.1) is 16.0 Å². The third-order valence-corrected chi connectivity index (χ3v) is 3.78. The van der Waals surface area contributed by atoms with Crippen molar-refractivity contribution in [1.82, 2.24) is 5.32 Å². The summed E-state index contributed by atoms with van der Waals surface area (Å²) in [5, 5.41) is 23.4. The van der Waals surface area contributed by atoms with E-state index in [1.165, 1.54) is 18.2 Å². The molecule has 0 aliphatic carbocycles. The maximum atomic E-state index is 12.0. The first-order valence-electron chi connectivity index (χ1n) is 6.81. The standard InChI is InChI=1S/C14H19ClN2O4/c1-3-9(4-2)12(18)8-16-14(19)10-6-5-7-11(15)13(10)17(20)21/h5-7,9,12,18H,3-4,8H2,1-2H3,(H,16,19). The van der Waals surface area contributed by atoms with Crippen LogP contribution in [0.1, 0.15) is 37.0 Å². The molecule has 0 saturated carbocycles. The summed E-state index contributed by atoms with van der Waals surface area (Å²) in [7, 11) is 0. The van der Waals surface area contributed by atoms with Crippen LogP contribution in [0.4, 0.5) is 5.69 Å². The van der Waals surface area contributed by atoms with Gasteiger partial charge in [-0.2, -0.15) is 0 Å². The van der Waals surface area contributed by atoms with E-state index in [1.807, 2.05) is 13.8 Å². The van der Waals surface area contributed by atoms with Crippen molar-refractivity contribution in [3.05, 3.63) is 38.9 Å². The second-order valence-electron chi connectivity index (χ2n) is 4.75. The molecule has 0 heterocycles. The van der Waals surface area contributed by atoms with Crippen molar-refractivity contribution in [2.24, 2.45) is 5.92 Å². The molecule has 21 heavy (non-hydrogen) atoms. The highest BCUT2D eigenvalue weighted by atomic mass is 35.5. The molecule has 0 spiro atoms. The average molecular weight is 315 g/mol. The SMILES string of the molecule is CCC(CC)C(O)CNC(=O)c1cccc(Cl)c1[N+](=O)[O-]. The number of nitrogens with zero attached hydrogens (tertiary/aromatic N) is 1. The van der Waals surface area contributed by atoms with Crippen LogP contribution in [0.15, 0.2) is 18.2 Å². The number of nitro groups is 1. The minimum Gasteiger partial charge on any atom is -0.391 e. The number of aliphatic hydroxyl groups excluding tert-OH is 1. The van der Waals surface area contributed by atoms with E-state index in [9.17, 15) is 20.0 Å². The summed E-state index contributed by atoms with van der Waals surface area (Å²) in [6, 6.07) is 4.17. The summed E-state index contributed by atoms with van der Waals surface area (Å²) in [5.74, 6) is -0.533. The largest absolute Gasteiger partial charge is 0.391 e. The molecule has 0 saturated heterocycles. The summed E-state index contributed by atoms with van der Waals surface area (Å²) in [6.45, 7) is 3.97. The Labute approximate surface area is 128 Å². The molecule has 116 valence electrons. The zero-order chi connectivity index (χ0) is 16.0. The summed E-state index contributed by atoms with van der Waals surface area (Å²) < 4.78 is 0. The maximum Gasteiger partial charge on any atom is 0.300 e. The van der Waals surface area contributed by atoms with E-state index in [4.69, 9.17) is 11.6 Å². The van der Waals surface area contributed by atoms with Crippen molar-refractivity contribution in [2.75, 3.05) is 6.54 Å². The number of carbonyl (C=O) groups excluding carboxylic acids is 1. The molecular weight excluding hydrogens is 296 g/mol. The lowest BCUT2D eigenvalue weighted by Crippen LogP contribution is -2.36. The number of halogens is 1. The second kappa shape index (κ2) is 7.95. The Morgan fingerprint density at radius 2 is 2.05 bits per heavy atom. The van der Waals surface area contributed by atoms with E-state index in [2.05, 4.69) is 5.32 Å². The molecule has 0 radical (unpaired) electrons. The monoisotopic (exact) mass is 314 g/mol. The Balaban J connectivity index is 2.82. The molecule has 6 nitrogen and oxygen atoms in total. The first kappa shape index (κ1) is 17.4. The number of amides is 1. The van der Waals surface area contributed by atoms with E-state index >= 15 is 0 Å². The summed E-state index contributed by atoms with van der Waals surface area (Å²) in [5.41, 5.74) is -0.530. The third-order valence-electron chi connectivity index (χ3n) is 3.48. The van der Waals surface area contributed by atoms with Crippen LogP contribution >= 0.6 is 11.6 Å². The topological polar surface area (TPSA) is 92.5 Å². The predicted molar refractivity (Wildman–Crippen MR) is 80.5 cm³/mol. The third kappa shape index (κ3) is 4.41. The molecule has 0 bridgehead atoms. The molecule has 7 heteroatoms. The van der Waals surface area contributed by atoms with Crippen molar-refractivity contribution in [2.45, 2.75) is 32.8 Å². The molecule has 2 N–H and O–H groups in total. The van der Waals surface area contributed by atoms with Crippen LogP contribution in [-0.2, 0) is 0 Å². The number of para-hydroxylation sites is 1. The minimum atomic E-state index is -0.686. The Kier molecular flexibility index (Phi) is 6.58. The van der Waals surface area contributed by atoms with E-state index in [0.29, 0.717) is 0 Å². The highest BCUT2D eigenvalue weighted by molar-refractivity contribution is 6.33. The second-order valence-corrected chi connectivity index (χ2v) is 5.15. The van der Waals surface area contributed by atoms with Crippen molar-refractivity contribution in [3.63, 3.8) is 0 Å². The molecule has 0 aliphatic rings. The highest BCUT2D eigenvalue weighted by Crippen LogP contribution is 2.28. The molecule has 0 fully saturated rings. The Bertz CT molecular complexity index is 518. The molecule has 1 aromatic rings. The van der Waals surface area contributed by atoms with Gasteiger partial charge in [-0.25, -0.2) is 0 Å². The van der Waals surface area contributed by atoms with Gasteiger partial charge in [0.05, 0.1) is 11.0 Å². The van der Waals surface area contributed by atoms with Crippen LogP contribution in [0.2, 0.25) is 5.02 Å². The number of nitrogens with one attached hydrogen (secondary N) is 1. The van der Waals surface area contributed by atoms with Gasteiger partial charge in [0.2, 0.25) is 0 Å². The minimum absolute atomic E-state index is 0.0504. The fraction of sp³-hybridized carbons (Fsp3) is 0.500. The smallest absolute Gasteiger partial charge is 0.300 e. The number of carbonyl (C=O) groups is 1. The quantitative estimate of drug-likeness (QED) is 0.598. The van der Waals surface area contributed by atoms with Gasteiger partial charge in [-0.3, -0.25) is 14.9 Å². The van der Waals surface area contributed by atoms with E-state index < -0.39 is 22.6 Å². The van der Waals surface area contributed by atoms with E-state index in [0.717, 1.165) is 12.8 Å². The summed E-state index contributed by atoms with van der Waals surface area (Å²) >= 11 is 5.76. The maximum absolute atomic E-state index is 12.0. The summed E-state index contributed by atoms with van der Waals surface area (Å²) in [4.78, 5) is 22.3. The lowest BCUT2D eigenvalue weighted by molar-refractivity contribution is -0.385. The van der Waals surface area contributed by atoms with Crippen LogP contribution in [0.5, 0.6) is 0 Å². The van der Waals surface area contributed by atoms with Gasteiger partial charge in [0.15, 0.2) is 0 Å². The Morgan fingerprint density at radius 1 is 1.43 bits per heavy atom. The number of nitro benzene ring substituents is 1. The zero-order valence-electron chi connectivity index (χ0n) is 12.0. The van der Waals surface area contributed by atoms with Gasteiger partial charge in [0.1, 0.15) is 10.6 Å². The predicted octanol–water partition coefficient (Wildman–Crippen LogP) is 2.78. The molecule has 1 atom stereocenters. The lowest BCUT2D eigenvalue weighted by atomic mass is 9.96. The average Bonchev–Trinajstić information content (AvgIpc) is 2.45. The van der Waals surface area contributed by atoms with Crippen LogP contribution in [-0.4, -0.2) is 28.6 Å². The molecule has 0 aromatic heterocycles. The molecule has 1 aromatic carbocycles. The first-order valence-corrected chi connectivity index (χ1v) is 7.19. The molecular formula is C14H19ClN2O4. The fourth-order valence-corrected chi connectivity index (χ4v) is 2.42. The van der Waals surface area contributed by atoms with Crippen molar-refractivity contribution < 1.29 is 14.8 Å². The summed E-state index contributed by atoms with van der Waals surface area (Å²) in [6.07, 6.45) is 0.914. The lowest BCUT2D eigenvalue weighted by Gasteiger charge is -2.20.